The van der Waals surface area contributed by atoms with Crippen LogP contribution >= 0.6 is 0 Å². The van der Waals surface area contributed by atoms with Gasteiger partial charge < -0.3 is 10.6 Å². The van der Waals surface area contributed by atoms with Crippen molar-refractivity contribution in [2.24, 2.45) is 11.7 Å². The van der Waals surface area contributed by atoms with Crippen molar-refractivity contribution in [2.45, 2.75) is 52.2 Å². The van der Waals surface area contributed by atoms with Gasteiger partial charge in [-0.05, 0) is 37.8 Å². The minimum Gasteiger partial charge on any atom is -0.337 e. The molecule has 1 aliphatic heterocycles. The maximum atomic E-state index is 12.7. The molecule has 0 bridgehead atoms. The van der Waals surface area contributed by atoms with Crippen molar-refractivity contribution < 1.29 is 4.79 Å². The monoisotopic (exact) mass is 317 g/mol. The molecular weight excluding hydrogens is 286 g/mol. The number of carbonyl (C=O) groups excluding carboxylic acids is 1. The van der Waals surface area contributed by atoms with Crippen LogP contribution in [-0.4, -0.2) is 47.4 Å². The highest BCUT2D eigenvalue weighted by molar-refractivity contribution is 5.82. The summed E-state index contributed by atoms with van der Waals surface area (Å²) in [6.07, 6.45) is 2.22. The molecule has 2 atom stereocenters. The van der Waals surface area contributed by atoms with Gasteiger partial charge in [-0.15, -0.1) is 0 Å². The van der Waals surface area contributed by atoms with Crippen LogP contribution in [-0.2, 0) is 11.3 Å². The molecule has 128 valence electrons. The van der Waals surface area contributed by atoms with Crippen LogP contribution in [0.3, 0.4) is 0 Å². The van der Waals surface area contributed by atoms with Gasteiger partial charge in [0.25, 0.3) is 0 Å². The number of benzene rings is 1. The molecule has 1 amide bonds. The van der Waals surface area contributed by atoms with Crippen LogP contribution in [0.15, 0.2) is 30.3 Å². The lowest BCUT2D eigenvalue weighted by molar-refractivity contribution is -0.136. The van der Waals surface area contributed by atoms with Gasteiger partial charge in [-0.1, -0.05) is 44.2 Å². The second-order valence-electron chi connectivity index (χ2n) is 6.91. The van der Waals surface area contributed by atoms with Gasteiger partial charge in [-0.25, -0.2) is 0 Å². The van der Waals surface area contributed by atoms with E-state index in [-0.39, 0.29) is 23.9 Å². The third kappa shape index (κ3) is 4.79. The van der Waals surface area contributed by atoms with E-state index < -0.39 is 0 Å². The summed E-state index contributed by atoms with van der Waals surface area (Å²) in [6, 6.07) is 10.4. The molecule has 0 radical (unpaired) electrons. The Kier molecular flexibility index (Phi) is 6.60. The number of nitrogens with zero attached hydrogens (tertiary/aromatic N) is 2. The van der Waals surface area contributed by atoms with E-state index in [1.54, 1.807) is 0 Å². The van der Waals surface area contributed by atoms with Crippen molar-refractivity contribution in [1.29, 1.82) is 0 Å². The molecule has 1 aromatic rings. The zero-order chi connectivity index (χ0) is 16.8. The molecule has 23 heavy (non-hydrogen) atoms. The molecule has 0 saturated carbocycles. The van der Waals surface area contributed by atoms with E-state index in [1.807, 2.05) is 24.8 Å². The van der Waals surface area contributed by atoms with Crippen molar-refractivity contribution >= 4 is 5.91 Å². The van der Waals surface area contributed by atoms with E-state index in [0.29, 0.717) is 0 Å². The van der Waals surface area contributed by atoms with Crippen molar-refractivity contribution in [1.82, 2.24) is 9.80 Å². The fourth-order valence-electron chi connectivity index (χ4n) is 3.34. The minimum atomic E-state index is -0.389. The average Bonchev–Trinajstić information content (AvgIpc) is 2.56. The van der Waals surface area contributed by atoms with Crippen LogP contribution in [0.25, 0.3) is 0 Å². The van der Waals surface area contributed by atoms with E-state index in [0.717, 1.165) is 39.0 Å². The second-order valence-corrected chi connectivity index (χ2v) is 6.91. The normalized spacial score (nSPS) is 20.5. The molecule has 1 saturated heterocycles. The number of carbonyl (C=O) groups is 1. The lowest BCUT2D eigenvalue weighted by Crippen LogP contribution is -2.55. The molecular formula is C19H31N3O. The number of likely N-dealkylation sites (tertiary alicyclic amines) is 1. The van der Waals surface area contributed by atoms with Gasteiger partial charge in [0.2, 0.25) is 5.91 Å². The van der Waals surface area contributed by atoms with Crippen LogP contribution in [0.2, 0.25) is 0 Å². The summed E-state index contributed by atoms with van der Waals surface area (Å²) in [6.45, 7) is 9.83. The molecule has 1 aliphatic rings. The zero-order valence-corrected chi connectivity index (χ0v) is 14.7. The first-order valence-electron chi connectivity index (χ1n) is 8.85. The quantitative estimate of drug-likeness (QED) is 0.877. The Morgan fingerprint density at radius 1 is 1.35 bits per heavy atom. The highest BCUT2D eigenvalue weighted by atomic mass is 16.2. The fourth-order valence-corrected chi connectivity index (χ4v) is 3.34. The number of hydrogen-bond donors (Lipinski definition) is 1. The van der Waals surface area contributed by atoms with Gasteiger partial charge in [0.15, 0.2) is 0 Å². The highest BCUT2D eigenvalue weighted by Gasteiger charge is 2.31. The molecule has 2 rings (SSSR count). The van der Waals surface area contributed by atoms with Gasteiger partial charge in [0.1, 0.15) is 0 Å². The van der Waals surface area contributed by atoms with Crippen LogP contribution in [0.1, 0.15) is 39.2 Å². The molecule has 4 heteroatoms. The van der Waals surface area contributed by atoms with Crippen molar-refractivity contribution in [3.05, 3.63) is 35.9 Å². The Morgan fingerprint density at radius 2 is 2.04 bits per heavy atom. The molecule has 4 nitrogen and oxygen atoms in total. The Balaban J connectivity index is 1.99. The summed E-state index contributed by atoms with van der Waals surface area (Å²) in [5, 5.41) is 0. The van der Waals surface area contributed by atoms with E-state index in [1.165, 1.54) is 5.56 Å². The van der Waals surface area contributed by atoms with E-state index in [2.05, 4.69) is 36.1 Å². The van der Waals surface area contributed by atoms with Crippen molar-refractivity contribution in [3.63, 3.8) is 0 Å². The van der Waals surface area contributed by atoms with E-state index >= 15 is 0 Å². The largest absolute Gasteiger partial charge is 0.337 e. The SMILES string of the molecule is CCN(C(=O)[C@@H](N)C(C)C)[C@H]1CCCN(Cc2ccccc2)C1. The van der Waals surface area contributed by atoms with Gasteiger partial charge in [0, 0.05) is 25.7 Å². The van der Waals surface area contributed by atoms with Gasteiger partial charge in [-0.3, -0.25) is 9.69 Å². The van der Waals surface area contributed by atoms with Crippen molar-refractivity contribution in [2.75, 3.05) is 19.6 Å². The Bertz CT molecular complexity index is 489. The topological polar surface area (TPSA) is 49.6 Å². The van der Waals surface area contributed by atoms with Crippen LogP contribution in [0.5, 0.6) is 0 Å². The molecule has 1 aromatic carbocycles. The van der Waals surface area contributed by atoms with E-state index in [4.69, 9.17) is 5.73 Å². The molecule has 0 unspecified atom stereocenters. The molecule has 0 aliphatic carbocycles. The molecule has 2 N–H and O–H groups in total. The van der Waals surface area contributed by atoms with Crippen LogP contribution < -0.4 is 5.73 Å². The summed E-state index contributed by atoms with van der Waals surface area (Å²) in [5.41, 5.74) is 7.43. The standard InChI is InChI=1S/C19H31N3O/c1-4-22(19(23)18(20)15(2)3)17-11-8-12-21(14-17)13-16-9-6-5-7-10-16/h5-7,9-10,15,17-18H,4,8,11-14,20H2,1-3H3/t17-,18-/m0/s1. The summed E-state index contributed by atoms with van der Waals surface area (Å²) in [4.78, 5) is 17.1. The lowest BCUT2D eigenvalue weighted by atomic mass is 9.99. The predicted molar refractivity (Wildman–Crippen MR) is 94.9 cm³/mol. The van der Waals surface area contributed by atoms with Gasteiger partial charge >= 0.3 is 0 Å². The number of rotatable bonds is 6. The van der Waals surface area contributed by atoms with Crippen LogP contribution in [0.4, 0.5) is 0 Å². The summed E-state index contributed by atoms with van der Waals surface area (Å²) in [5.74, 6) is 0.287. The summed E-state index contributed by atoms with van der Waals surface area (Å²) >= 11 is 0. The minimum absolute atomic E-state index is 0.106. The number of amides is 1. The molecule has 0 aromatic heterocycles. The first kappa shape index (κ1) is 18.0. The number of nitrogens with two attached hydrogens (primary N) is 1. The van der Waals surface area contributed by atoms with Crippen LogP contribution in [0, 0.1) is 5.92 Å². The predicted octanol–water partition coefficient (Wildman–Crippen LogP) is 2.48. The third-order valence-electron chi connectivity index (χ3n) is 4.80. The first-order chi connectivity index (χ1) is 11.0. The fraction of sp³-hybridized carbons (Fsp3) is 0.632. The highest BCUT2D eigenvalue weighted by Crippen LogP contribution is 2.19. The zero-order valence-electron chi connectivity index (χ0n) is 14.7. The van der Waals surface area contributed by atoms with Gasteiger partial charge in [-0.2, -0.15) is 0 Å². The number of piperidine rings is 1. The second kappa shape index (κ2) is 8.46. The Labute approximate surface area is 140 Å². The maximum Gasteiger partial charge on any atom is 0.240 e. The first-order valence-corrected chi connectivity index (χ1v) is 8.85. The maximum absolute atomic E-state index is 12.7. The number of hydrogen-bond acceptors (Lipinski definition) is 3. The number of likely N-dealkylation sites (N-methyl/N-ethyl adjacent to an activating group) is 1. The smallest absolute Gasteiger partial charge is 0.240 e. The summed E-state index contributed by atoms with van der Waals surface area (Å²) < 4.78 is 0. The van der Waals surface area contributed by atoms with Crippen molar-refractivity contribution in [3.8, 4) is 0 Å². The third-order valence-corrected chi connectivity index (χ3v) is 4.80. The average molecular weight is 317 g/mol. The Morgan fingerprint density at radius 3 is 2.65 bits per heavy atom. The van der Waals surface area contributed by atoms with Gasteiger partial charge in [0.05, 0.1) is 6.04 Å². The Hall–Kier alpha value is -1.39. The summed E-state index contributed by atoms with van der Waals surface area (Å²) in [7, 11) is 0. The lowest BCUT2D eigenvalue weighted by Gasteiger charge is -2.40. The molecule has 0 spiro atoms. The molecule has 1 heterocycles. The van der Waals surface area contributed by atoms with E-state index in [9.17, 15) is 4.79 Å². The molecule has 1 fully saturated rings.